The zero-order valence-electron chi connectivity index (χ0n) is 16.5. The van der Waals surface area contributed by atoms with E-state index >= 15 is 0 Å². The van der Waals surface area contributed by atoms with Gasteiger partial charge in [0.25, 0.3) is 0 Å². The molecule has 6 nitrogen and oxygen atoms in total. The predicted molar refractivity (Wildman–Crippen MR) is 105 cm³/mol. The molecule has 2 aromatic carbocycles. The van der Waals surface area contributed by atoms with E-state index in [4.69, 9.17) is 28.4 Å². The first kappa shape index (κ1) is 19.5. The summed E-state index contributed by atoms with van der Waals surface area (Å²) in [6.07, 6.45) is 0.600. The predicted octanol–water partition coefficient (Wildman–Crippen LogP) is 3.21. The molecule has 0 bridgehead atoms. The van der Waals surface area contributed by atoms with Gasteiger partial charge in [-0.2, -0.15) is 0 Å². The smallest absolute Gasteiger partial charge is 0.120 e. The number of hydrogen-bond acceptors (Lipinski definition) is 6. The topological polar surface area (TPSA) is 62.0 Å². The maximum atomic E-state index is 5.89. The maximum absolute atomic E-state index is 5.89. The lowest BCUT2D eigenvalue weighted by atomic mass is 10.1. The highest BCUT2D eigenvalue weighted by Crippen LogP contribution is 2.25. The highest BCUT2D eigenvalue weighted by Gasteiger charge is 2.24. The molecule has 6 heteroatoms. The Labute approximate surface area is 165 Å². The van der Waals surface area contributed by atoms with Crippen molar-refractivity contribution in [3.63, 3.8) is 0 Å². The van der Waals surface area contributed by atoms with Crippen molar-refractivity contribution in [1.29, 1.82) is 0 Å². The summed E-state index contributed by atoms with van der Waals surface area (Å²) in [7, 11) is 0. The van der Waals surface area contributed by atoms with Crippen molar-refractivity contribution in [3.8, 4) is 11.5 Å². The molecule has 4 unspecified atom stereocenters. The van der Waals surface area contributed by atoms with Crippen LogP contribution >= 0.6 is 0 Å². The molecular weight excluding hydrogens is 360 g/mol. The van der Waals surface area contributed by atoms with Crippen LogP contribution in [-0.2, 0) is 18.9 Å². The van der Waals surface area contributed by atoms with Gasteiger partial charge in [0.15, 0.2) is 0 Å². The molecule has 28 heavy (non-hydrogen) atoms. The third-order valence-corrected chi connectivity index (χ3v) is 4.69. The highest BCUT2D eigenvalue weighted by molar-refractivity contribution is 5.85. The van der Waals surface area contributed by atoms with Crippen molar-refractivity contribution in [3.05, 3.63) is 36.4 Å². The third kappa shape index (κ3) is 6.07. The summed E-state index contributed by atoms with van der Waals surface area (Å²) in [6.45, 7) is 7.92. The van der Waals surface area contributed by atoms with Crippen LogP contribution in [0.5, 0.6) is 11.5 Å². The number of epoxide rings is 2. The molecule has 2 aliphatic rings. The molecule has 0 aliphatic carbocycles. The van der Waals surface area contributed by atoms with Crippen LogP contribution in [0.3, 0.4) is 0 Å². The van der Waals surface area contributed by atoms with Crippen molar-refractivity contribution in [2.45, 2.75) is 38.3 Å². The van der Waals surface area contributed by atoms with Gasteiger partial charge < -0.3 is 28.4 Å². The molecule has 2 aliphatic heterocycles. The average molecular weight is 388 g/mol. The van der Waals surface area contributed by atoms with E-state index in [0.29, 0.717) is 26.4 Å². The van der Waals surface area contributed by atoms with Crippen LogP contribution in [0.1, 0.15) is 13.8 Å². The first-order valence-electron chi connectivity index (χ1n) is 9.91. The Kier molecular flexibility index (Phi) is 6.32. The largest absolute Gasteiger partial charge is 0.491 e. The van der Waals surface area contributed by atoms with E-state index in [-0.39, 0.29) is 24.4 Å². The van der Waals surface area contributed by atoms with Gasteiger partial charge in [0.2, 0.25) is 0 Å². The first-order valence-corrected chi connectivity index (χ1v) is 9.91. The van der Waals surface area contributed by atoms with Gasteiger partial charge in [-0.15, -0.1) is 0 Å². The maximum Gasteiger partial charge on any atom is 0.120 e. The second-order valence-corrected chi connectivity index (χ2v) is 7.49. The van der Waals surface area contributed by atoms with E-state index < -0.39 is 0 Å². The Balaban J connectivity index is 1.28. The van der Waals surface area contributed by atoms with Gasteiger partial charge in [-0.1, -0.05) is 12.1 Å². The molecule has 4 atom stereocenters. The number of ether oxygens (including phenoxy) is 6. The number of hydrogen-bond donors (Lipinski definition) is 0. The molecule has 0 N–H and O–H groups in total. The molecule has 2 fully saturated rings. The minimum Gasteiger partial charge on any atom is -0.491 e. The molecule has 2 heterocycles. The Morgan fingerprint density at radius 1 is 0.786 bits per heavy atom. The fraction of sp³-hybridized carbons (Fsp3) is 0.545. The molecule has 0 amide bonds. The number of rotatable bonds is 12. The lowest BCUT2D eigenvalue weighted by molar-refractivity contribution is 0.0241. The second-order valence-electron chi connectivity index (χ2n) is 7.49. The van der Waals surface area contributed by atoms with E-state index in [1.807, 2.05) is 38.1 Å². The molecule has 0 saturated carbocycles. The fourth-order valence-corrected chi connectivity index (χ4v) is 2.78. The van der Waals surface area contributed by atoms with Crippen molar-refractivity contribution >= 4 is 10.8 Å². The van der Waals surface area contributed by atoms with Crippen molar-refractivity contribution in [2.24, 2.45) is 0 Å². The normalized spacial score (nSPS) is 22.6. The zero-order chi connectivity index (χ0) is 19.3. The monoisotopic (exact) mass is 388 g/mol. The van der Waals surface area contributed by atoms with Crippen LogP contribution in [0.4, 0.5) is 0 Å². The SMILES string of the molecule is CC(COc1ccc2ccc(OCC(C)OCC3CO3)cc2c1)OCC1CO1. The van der Waals surface area contributed by atoms with E-state index in [2.05, 4.69) is 12.1 Å². The Morgan fingerprint density at radius 3 is 1.68 bits per heavy atom. The van der Waals surface area contributed by atoms with E-state index in [9.17, 15) is 0 Å². The number of fused-ring (bicyclic) bond motifs is 1. The standard InChI is InChI=1S/C22H28O6/c1-15(23-11-21-13-27-21)9-25-19-5-3-17-4-6-20(8-18(17)7-19)26-10-16(2)24-12-22-14-28-22/h3-8,15-16,21-22H,9-14H2,1-2H3. The van der Waals surface area contributed by atoms with Gasteiger partial charge in [-0.3, -0.25) is 0 Å². The van der Waals surface area contributed by atoms with Gasteiger partial charge in [0.1, 0.15) is 36.9 Å². The van der Waals surface area contributed by atoms with E-state index in [1.54, 1.807) is 0 Å². The molecule has 4 rings (SSSR count). The van der Waals surface area contributed by atoms with Crippen LogP contribution in [0.15, 0.2) is 36.4 Å². The summed E-state index contributed by atoms with van der Waals surface area (Å²) in [6, 6.07) is 12.1. The van der Waals surface area contributed by atoms with Crippen LogP contribution in [0.2, 0.25) is 0 Å². The molecule has 0 spiro atoms. The average Bonchev–Trinajstić information content (AvgIpc) is 3.62. The molecule has 0 radical (unpaired) electrons. The lowest BCUT2D eigenvalue weighted by Crippen LogP contribution is -2.20. The molecule has 2 saturated heterocycles. The summed E-state index contributed by atoms with van der Waals surface area (Å²) in [5.74, 6) is 1.65. The Hall–Kier alpha value is -1.86. The van der Waals surface area contributed by atoms with Crippen LogP contribution in [0.25, 0.3) is 10.8 Å². The summed E-state index contributed by atoms with van der Waals surface area (Å²) in [4.78, 5) is 0. The molecule has 152 valence electrons. The van der Waals surface area contributed by atoms with E-state index in [0.717, 1.165) is 35.5 Å². The van der Waals surface area contributed by atoms with Gasteiger partial charge in [-0.05, 0) is 48.9 Å². The summed E-state index contributed by atoms with van der Waals surface area (Å²) in [5.41, 5.74) is 0. The van der Waals surface area contributed by atoms with Crippen molar-refractivity contribution < 1.29 is 28.4 Å². The van der Waals surface area contributed by atoms with E-state index in [1.165, 1.54) is 0 Å². The molecule has 2 aromatic rings. The Bertz CT molecular complexity index is 710. The molecular formula is C22H28O6. The highest BCUT2D eigenvalue weighted by atomic mass is 16.6. The van der Waals surface area contributed by atoms with Gasteiger partial charge in [0, 0.05) is 0 Å². The lowest BCUT2D eigenvalue weighted by Gasteiger charge is -2.15. The second kappa shape index (κ2) is 9.09. The first-order chi connectivity index (χ1) is 13.7. The minimum absolute atomic E-state index is 0.0251. The fourth-order valence-electron chi connectivity index (χ4n) is 2.78. The van der Waals surface area contributed by atoms with Crippen molar-refractivity contribution in [1.82, 2.24) is 0 Å². The quantitative estimate of drug-likeness (QED) is 0.521. The minimum atomic E-state index is 0.0251. The zero-order valence-corrected chi connectivity index (χ0v) is 16.5. The van der Waals surface area contributed by atoms with Crippen molar-refractivity contribution in [2.75, 3.05) is 39.6 Å². The third-order valence-electron chi connectivity index (χ3n) is 4.69. The molecule has 0 aromatic heterocycles. The summed E-state index contributed by atoms with van der Waals surface area (Å²) < 4.78 is 33.5. The van der Waals surface area contributed by atoms with Gasteiger partial charge in [-0.25, -0.2) is 0 Å². The number of benzene rings is 2. The van der Waals surface area contributed by atoms with Crippen LogP contribution in [0, 0.1) is 0 Å². The van der Waals surface area contributed by atoms with Gasteiger partial charge >= 0.3 is 0 Å². The van der Waals surface area contributed by atoms with Gasteiger partial charge in [0.05, 0.1) is 38.6 Å². The Morgan fingerprint density at radius 2 is 1.25 bits per heavy atom. The van der Waals surface area contributed by atoms with Crippen LogP contribution < -0.4 is 9.47 Å². The van der Waals surface area contributed by atoms with Crippen LogP contribution in [-0.4, -0.2) is 64.1 Å². The summed E-state index contributed by atoms with van der Waals surface area (Å²) >= 11 is 0. The summed E-state index contributed by atoms with van der Waals surface area (Å²) in [5, 5.41) is 2.22.